The monoisotopic (exact) mass is 420 g/mol. The molecule has 1 aliphatic carbocycles. The molecular weight excluding hydrogens is 395 g/mol. The topological polar surface area (TPSA) is 50.6 Å². The molecule has 0 spiro atoms. The van der Waals surface area contributed by atoms with E-state index < -0.39 is 0 Å². The number of halogens is 1. The van der Waals surface area contributed by atoms with Crippen LogP contribution in [0.5, 0.6) is 5.75 Å². The van der Waals surface area contributed by atoms with E-state index in [1.165, 1.54) is 12.1 Å². The summed E-state index contributed by atoms with van der Waals surface area (Å²) >= 11 is 0. The number of hydrogen-bond donors (Lipinski definition) is 0. The maximum atomic E-state index is 13.3. The number of aromatic nitrogens is 2. The minimum Gasteiger partial charge on any atom is -0.497 e. The smallest absolute Gasteiger partial charge is 0.274 e. The van der Waals surface area contributed by atoms with E-state index in [1.54, 1.807) is 19.2 Å². The van der Waals surface area contributed by atoms with Crippen molar-refractivity contribution in [3.05, 3.63) is 71.3 Å². The number of amides is 1. The zero-order chi connectivity index (χ0) is 21.4. The summed E-state index contributed by atoms with van der Waals surface area (Å²) < 4.78 is 20.4. The molecule has 0 radical (unpaired) electrons. The minimum atomic E-state index is -0.279. The summed E-state index contributed by atoms with van der Waals surface area (Å²) in [5, 5.41) is 4.68. The van der Waals surface area contributed by atoms with Crippen molar-refractivity contribution < 1.29 is 13.9 Å². The zero-order valence-corrected chi connectivity index (χ0v) is 17.6. The molecule has 3 aromatic rings. The van der Waals surface area contributed by atoms with Gasteiger partial charge in [-0.05, 0) is 67.8 Å². The molecule has 1 fully saturated rings. The van der Waals surface area contributed by atoms with Gasteiger partial charge in [-0.3, -0.25) is 4.79 Å². The lowest BCUT2D eigenvalue weighted by Gasteiger charge is -2.36. The molecule has 0 unspecified atom stereocenters. The highest BCUT2D eigenvalue weighted by molar-refractivity contribution is 5.94. The second-order valence-corrected chi connectivity index (χ2v) is 7.99. The van der Waals surface area contributed by atoms with Gasteiger partial charge < -0.3 is 14.5 Å². The number of carbonyl (C=O) groups is 1. The number of anilines is 1. The molecule has 5 rings (SSSR count). The maximum Gasteiger partial charge on any atom is 0.274 e. The number of fused-ring (bicyclic) bond motifs is 1. The molecule has 0 N–H and O–H groups in total. The highest BCUT2D eigenvalue weighted by Gasteiger charge is 2.31. The number of nitrogens with zero attached hydrogens (tertiary/aromatic N) is 4. The van der Waals surface area contributed by atoms with E-state index in [2.05, 4.69) is 10.00 Å². The Hall–Kier alpha value is -3.35. The van der Waals surface area contributed by atoms with Crippen LogP contribution < -0.4 is 9.64 Å². The van der Waals surface area contributed by atoms with Crippen LogP contribution in [0.1, 0.15) is 28.2 Å². The van der Waals surface area contributed by atoms with Crippen molar-refractivity contribution in [1.29, 1.82) is 0 Å². The molecule has 1 aliphatic heterocycles. The van der Waals surface area contributed by atoms with Gasteiger partial charge in [-0.2, -0.15) is 5.10 Å². The van der Waals surface area contributed by atoms with Crippen LogP contribution in [-0.2, 0) is 12.8 Å². The van der Waals surface area contributed by atoms with E-state index in [9.17, 15) is 9.18 Å². The summed E-state index contributed by atoms with van der Waals surface area (Å²) in [6.45, 7) is 2.87. The second-order valence-electron chi connectivity index (χ2n) is 7.99. The molecule has 2 aromatic carbocycles. The SMILES string of the molecule is COc1ccc(N2CCN(C(=O)c3nn(-c4ccc(F)cc4)c4c3CCC4)CC2)cc1. The van der Waals surface area contributed by atoms with Gasteiger partial charge in [-0.25, -0.2) is 9.07 Å². The average molecular weight is 420 g/mol. The van der Waals surface area contributed by atoms with Crippen LogP contribution in [0.15, 0.2) is 48.5 Å². The lowest BCUT2D eigenvalue weighted by molar-refractivity contribution is 0.0739. The third-order valence-electron chi connectivity index (χ3n) is 6.21. The first-order valence-corrected chi connectivity index (χ1v) is 10.7. The van der Waals surface area contributed by atoms with E-state index in [-0.39, 0.29) is 11.7 Å². The Morgan fingerprint density at radius 3 is 2.29 bits per heavy atom. The van der Waals surface area contributed by atoms with Gasteiger partial charge in [0.05, 0.1) is 12.8 Å². The van der Waals surface area contributed by atoms with Crippen LogP contribution in [-0.4, -0.2) is 53.9 Å². The van der Waals surface area contributed by atoms with Crippen molar-refractivity contribution in [2.24, 2.45) is 0 Å². The summed E-state index contributed by atoms with van der Waals surface area (Å²) in [5.41, 5.74) is 4.60. The molecule has 1 aromatic heterocycles. The number of ether oxygens (including phenoxy) is 1. The predicted molar refractivity (Wildman–Crippen MR) is 117 cm³/mol. The molecule has 0 bridgehead atoms. The molecule has 7 heteroatoms. The fourth-order valence-electron chi connectivity index (χ4n) is 4.52. The Balaban J connectivity index is 1.33. The predicted octanol–water partition coefficient (Wildman–Crippen LogP) is 3.47. The number of rotatable bonds is 4. The number of benzene rings is 2. The molecule has 6 nitrogen and oxygen atoms in total. The molecule has 160 valence electrons. The van der Waals surface area contributed by atoms with E-state index in [1.807, 2.05) is 33.8 Å². The molecular formula is C24H25FN4O2. The largest absolute Gasteiger partial charge is 0.497 e. The summed E-state index contributed by atoms with van der Waals surface area (Å²) in [5.74, 6) is 0.551. The van der Waals surface area contributed by atoms with Crippen molar-refractivity contribution in [2.45, 2.75) is 19.3 Å². The third kappa shape index (κ3) is 3.65. The number of hydrogen-bond acceptors (Lipinski definition) is 4. The van der Waals surface area contributed by atoms with Gasteiger partial charge in [0.2, 0.25) is 0 Å². The molecule has 31 heavy (non-hydrogen) atoms. The molecule has 2 aliphatic rings. The zero-order valence-electron chi connectivity index (χ0n) is 17.6. The van der Waals surface area contributed by atoms with Gasteiger partial charge >= 0.3 is 0 Å². The van der Waals surface area contributed by atoms with Gasteiger partial charge in [0, 0.05) is 43.1 Å². The Morgan fingerprint density at radius 1 is 0.935 bits per heavy atom. The Labute approximate surface area is 180 Å². The molecule has 0 saturated carbocycles. The maximum absolute atomic E-state index is 13.3. The standard InChI is InChI=1S/C24H25FN4O2/c1-31-20-11-9-18(10-12-20)27-13-15-28(16-14-27)24(30)23-21-3-2-4-22(21)29(26-23)19-7-5-17(25)6-8-19/h5-12H,2-4,13-16H2,1H3. The van der Waals surface area contributed by atoms with Crippen molar-refractivity contribution in [1.82, 2.24) is 14.7 Å². The van der Waals surface area contributed by atoms with Gasteiger partial charge in [-0.1, -0.05) is 0 Å². The van der Waals surface area contributed by atoms with Crippen LogP contribution >= 0.6 is 0 Å². The summed E-state index contributed by atoms with van der Waals surface area (Å²) in [7, 11) is 1.66. The van der Waals surface area contributed by atoms with Gasteiger partial charge in [-0.15, -0.1) is 0 Å². The van der Waals surface area contributed by atoms with Crippen molar-refractivity contribution in [2.75, 3.05) is 38.2 Å². The lowest BCUT2D eigenvalue weighted by atomic mass is 10.1. The summed E-state index contributed by atoms with van der Waals surface area (Å²) in [4.78, 5) is 17.5. The minimum absolute atomic E-state index is 0.00612. The van der Waals surface area contributed by atoms with E-state index in [4.69, 9.17) is 4.74 Å². The van der Waals surface area contributed by atoms with Crippen LogP contribution in [0.4, 0.5) is 10.1 Å². The first-order valence-electron chi connectivity index (χ1n) is 10.7. The van der Waals surface area contributed by atoms with Crippen molar-refractivity contribution in [3.63, 3.8) is 0 Å². The normalized spacial score (nSPS) is 15.8. The highest BCUT2D eigenvalue weighted by Crippen LogP contribution is 2.29. The average Bonchev–Trinajstić information content (AvgIpc) is 3.43. The van der Waals surface area contributed by atoms with Gasteiger partial charge in [0.25, 0.3) is 5.91 Å². The molecule has 1 saturated heterocycles. The quantitative estimate of drug-likeness (QED) is 0.649. The molecule has 0 atom stereocenters. The van der Waals surface area contributed by atoms with Crippen LogP contribution in [0.3, 0.4) is 0 Å². The fraction of sp³-hybridized carbons (Fsp3) is 0.333. The van der Waals surface area contributed by atoms with Crippen LogP contribution in [0, 0.1) is 5.82 Å². The third-order valence-corrected chi connectivity index (χ3v) is 6.21. The first-order chi connectivity index (χ1) is 15.1. The first kappa shape index (κ1) is 19.6. The Bertz CT molecular complexity index is 1080. The van der Waals surface area contributed by atoms with E-state index in [0.29, 0.717) is 18.8 Å². The highest BCUT2D eigenvalue weighted by atomic mass is 19.1. The second kappa shape index (κ2) is 8.06. The Morgan fingerprint density at radius 2 is 1.61 bits per heavy atom. The molecule has 2 heterocycles. The number of carbonyl (C=O) groups excluding carboxylic acids is 1. The van der Waals surface area contributed by atoms with Gasteiger partial charge in [0.1, 0.15) is 11.6 Å². The number of methoxy groups -OCH3 is 1. The molecule has 1 amide bonds. The van der Waals surface area contributed by atoms with Crippen molar-refractivity contribution >= 4 is 11.6 Å². The van der Waals surface area contributed by atoms with Gasteiger partial charge in [0.15, 0.2) is 5.69 Å². The Kier molecular flexibility index (Phi) is 5.10. The van der Waals surface area contributed by atoms with Crippen molar-refractivity contribution in [3.8, 4) is 11.4 Å². The van der Waals surface area contributed by atoms with Crippen LogP contribution in [0.2, 0.25) is 0 Å². The van der Waals surface area contributed by atoms with E-state index in [0.717, 1.165) is 60.7 Å². The summed E-state index contributed by atoms with van der Waals surface area (Å²) in [6.07, 6.45) is 2.77. The lowest BCUT2D eigenvalue weighted by Crippen LogP contribution is -2.49. The van der Waals surface area contributed by atoms with Crippen LogP contribution in [0.25, 0.3) is 5.69 Å². The number of piperazine rings is 1. The fourth-order valence-corrected chi connectivity index (χ4v) is 4.52. The summed E-state index contributed by atoms with van der Waals surface area (Å²) in [6, 6.07) is 14.3. The van der Waals surface area contributed by atoms with E-state index >= 15 is 0 Å².